The molecular formula is C15H24N2. The molecule has 2 rings (SSSR count). The Morgan fingerprint density at radius 3 is 2.76 bits per heavy atom. The van der Waals surface area contributed by atoms with E-state index < -0.39 is 0 Å². The summed E-state index contributed by atoms with van der Waals surface area (Å²) in [6, 6.07) is 10.1. The van der Waals surface area contributed by atoms with Gasteiger partial charge in [0.1, 0.15) is 0 Å². The maximum Gasteiger partial charge on any atom is 0.0209 e. The van der Waals surface area contributed by atoms with Crippen LogP contribution in [0.3, 0.4) is 0 Å². The second-order valence-corrected chi connectivity index (χ2v) is 5.35. The molecule has 0 saturated carbocycles. The molecule has 94 valence electrons. The van der Waals surface area contributed by atoms with Gasteiger partial charge in [-0.1, -0.05) is 24.3 Å². The van der Waals surface area contributed by atoms with Crippen molar-refractivity contribution < 1.29 is 0 Å². The molecule has 2 heteroatoms. The first kappa shape index (κ1) is 12.6. The van der Waals surface area contributed by atoms with Crippen LogP contribution in [0, 0.1) is 6.92 Å². The molecule has 1 fully saturated rings. The van der Waals surface area contributed by atoms with Crippen molar-refractivity contribution in [1.82, 2.24) is 10.2 Å². The number of hydrogen-bond acceptors (Lipinski definition) is 2. The second kappa shape index (κ2) is 5.65. The number of likely N-dealkylation sites (tertiary alicyclic amines) is 1. The van der Waals surface area contributed by atoms with Crippen molar-refractivity contribution in [1.29, 1.82) is 0 Å². The highest BCUT2D eigenvalue weighted by Crippen LogP contribution is 2.15. The van der Waals surface area contributed by atoms with Crippen molar-refractivity contribution in [2.45, 2.75) is 38.8 Å². The zero-order valence-electron chi connectivity index (χ0n) is 11.2. The van der Waals surface area contributed by atoms with Crippen LogP contribution in [0.5, 0.6) is 0 Å². The van der Waals surface area contributed by atoms with Crippen LogP contribution in [0.2, 0.25) is 0 Å². The number of hydrogen-bond donors (Lipinski definition) is 1. The lowest BCUT2D eigenvalue weighted by molar-refractivity contribution is 0.327. The molecule has 17 heavy (non-hydrogen) atoms. The summed E-state index contributed by atoms with van der Waals surface area (Å²) >= 11 is 0. The van der Waals surface area contributed by atoms with Crippen LogP contribution in [0.4, 0.5) is 0 Å². The fourth-order valence-corrected chi connectivity index (χ4v) is 2.64. The molecule has 2 atom stereocenters. The van der Waals surface area contributed by atoms with Gasteiger partial charge in [-0.05, 0) is 51.4 Å². The third-order valence-electron chi connectivity index (χ3n) is 3.98. The van der Waals surface area contributed by atoms with E-state index in [1.165, 1.54) is 24.1 Å². The summed E-state index contributed by atoms with van der Waals surface area (Å²) in [6.45, 7) is 6.79. The molecule has 0 aromatic heterocycles. The van der Waals surface area contributed by atoms with Crippen molar-refractivity contribution in [3.63, 3.8) is 0 Å². The topological polar surface area (TPSA) is 15.3 Å². The Labute approximate surface area is 105 Å². The zero-order valence-corrected chi connectivity index (χ0v) is 11.2. The van der Waals surface area contributed by atoms with E-state index >= 15 is 0 Å². The van der Waals surface area contributed by atoms with Crippen LogP contribution in [-0.2, 0) is 6.42 Å². The third-order valence-corrected chi connectivity index (χ3v) is 3.98. The highest BCUT2D eigenvalue weighted by Gasteiger charge is 2.25. The van der Waals surface area contributed by atoms with Crippen LogP contribution in [-0.4, -0.2) is 37.1 Å². The summed E-state index contributed by atoms with van der Waals surface area (Å²) in [4.78, 5) is 2.44. The molecule has 0 bridgehead atoms. The molecule has 2 unspecified atom stereocenters. The van der Waals surface area contributed by atoms with E-state index in [-0.39, 0.29) is 0 Å². The Kier molecular flexibility index (Phi) is 4.19. The van der Waals surface area contributed by atoms with Crippen LogP contribution in [0.1, 0.15) is 24.5 Å². The normalized spacial score (nSPS) is 25.4. The van der Waals surface area contributed by atoms with E-state index in [9.17, 15) is 0 Å². The van der Waals surface area contributed by atoms with Gasteiger partial charge in [-0.3, -0.25) is 0 Å². The quantitative estimate of drug-likeness (QED) is 0.856. The summed E-state index contributed by atoms with van der Waals surface area (Å²) in [5.41, 5.74) is 2.88. The fraction of sp³-hybridized carbons (Fsp3) is 0.600. The lowest BCUT2D eigenvalue weighted by Gasteiger charge is -2.13. The van der Waals surface area contributed by atoms with Gasteiger partial charge in [0.25, 0.3) is 0 Å². The molecule has 0 amide bonds. The van der Waals surface area contributed by atoms with Crippen LogP contribution >= 0.6 is 0 Å². The Bertz CT molecular complexity index is 352. The maximum atomic E-state index is 3.68. The molecular weight excluding hydrogens is 208 g/mol. The van der Waals surface area contributed by atoms with E-state index in [0.29, 0.717) is 6.04 Å². The molecule has 1 aromatic rings. The van der Waals surface area contributed by atoms with Gasteiger partial charge in [-0.15, -0.1) is 0 Å². The van der Waals surface area contributed by atoms with E-state index in [2.05, 4.69) is 55.4 Å². The lowest BCUT2D eigenvalue weighted by Crippen LogP contribution is -2.33. The number of nitrogens with zero attached hydrogens (tertiary/aromatic N) is 1. The van der Waals surface area contributed by atoms with Gasteiger partial charge >= 0.3 is 0 Å². The minimum absolute atomic E-state index is 0.680. The van der Waals surface area contributed by atoms with Gasteiger partial charge in [0.2, 0.25) is 0 Å². The fourth-order valence-electron chi connectivity index (χ4n) is 2.64. The van der Waals surface area contributed by atoms with Crippen molar-refractivity contribution in [3.05, 3.63) is 35.4 Å². The van der Waals surface area contributed by atoms with Gasteiger partial charge in [0.05, 0.1) is 0 Å². The Morgan fingerprint density at radius 2 is 2.12 bits per heavy atom. The van der Waals surface area contributed by atoms with Gasteiger partial charge in [0, 0.05) is 18.6 Å². The van der Waals surface area contributed by atoms with Crippen LogP contribution in [0.15, 0.2) is 24.3 Å². The van der Waals surface area contributed by atoms with Gasteiger partial charge in [-0.25, -0.2) is 0 Å². The largest absolute Gasteiger partial charge is 0.312 e. The molecule has 1 aliphatic rings. The standard InChI is InChI=1S/C15H24N2/c1-12-6-4-5-7-14(12)8-9-16-15-10-13(2)17(3)11-15/h4-7,13,15-16H,8-11H2,1-3H3. The highest BCUT2D eigenvalue weighted by molar-refractivity contribution is 5.25. The first-order valence-electron chi connectivity index (χ1n) is 6.65. The molecule has 0 spiro atoms. The Balaban J connectivity index is 1.75. The highest BCUT2D eigenvalue weighted by atomic mass is 15.2. The van der Waals surface area contributed by atoms with E-state index in [1.807, 2.05) is 0 Å². The number of nitrogens with one attached hydrogen (secondary N) is 1. The van der Waals surface area contributed by atoms with Crippen LogP contribution in [0.25, 0.3) is 0 Å². The monoisotopic (exact) mass is 232 g/mol. The SMILES string of the molecule is Cc1ccccc1CCNC1CC(C)N(C)C1. The Hall–Kier alpha value is -0.860. The molecule has 1 N–H and O–H groups in total. The summed E-state index contributed by atoms with van der Waals surface area (Å²) < 4.78 is 0. The lowest BCUT2D eigenvalue weighted by atomic mass is 10.1. The van der Waals surface area contributed by atoms with E-state index in [0.717, 1.165) is 19.0 Å². The maximum absolute atomic E-state index is 3.68. The molecule has 2 nitrogen and oxygen atoms in total. The molecule has 1 aromatic carbocycles. The van der Waals surface area contributed by atoms with Crippen molar-refractivity contribution >= 4 is 0 Å². The smallest absolute Gasteiger partial charge is 0.0209 e. The van der Waals surface area contributed by atoms with Crippen LogP contribution < -0.4 is 5.32 Å². The first-order valence-corrected chi connectivity index (χ1v) is 6.65. The molecule has 0 aliphatic carbocycles. The summed E-state index contributed by atoms with van der Waals surface area (Å²) in [5.74, 6) is 0. The minimum atomic E-state index is 0.680. The summed E-state index contributed by atoms with van der Waals surface area (Å²) in [6.07, 6.45) is 2.42. The first-order chi connectivity index (χ1) is 8.16. The predicted octanol–water partition coefficient (Wildman–Crippen LogP) is 2.22. The van der Waals surface area contributed by atoms with Gasteiger partial charge in [-0.2, -0.15) is 0 Å². The average molecular weight is 232 g/mol. The summed E-state index contributed by atoms with van der Waals surface area (Å²) in [5, 5.41) is 3.68. The molecule has 1 saturated heterocycles. The van der Waals surface area contributed by atoms with Crippen molar-refractivity contribution in [3.8, 4) is 0 Å². The second-order valence-electron chi connectivity index (χ2n) is 5.35. The summed E-state index contributed by atoms with van der Waals surface area (Å²) in [7, 11) is 2.22. The predicted molar refractivity (Wildman–Crippen MR) is 73.4 cm³/mol. The molecule has 1 heterocycles. The van der Waals surface area contributed by atoms with E-state index in [4.69, 9.17) is 0 Å². The zero-order chi connectivity index (χ0) is 12.3. The minimum Gasteiger partial charge on any atom is -0.312 e. The average Bonchev–Trinajstić information content (AvgIpc) is 2.61. The van der Waals surface area contributed by atoms with Gasteiger partial charge in [0.15, 0.2) is 0 Å². The van der Waals surface area contributed by atoms with Crippen molar-refractivity contribution in [2.75, 3.05) is 20.1 Å². The molecule has 0 radical (unpaired) electrons. The number of likely N-dealkylation sites (N-methyl/N-ethyl adjacent to an activating group) is 1. The number of aryl methyl sites for hydroxylation is 1. The number of benzene rings is 1. The van der Waals surface area contributed by atoms with E-state index in [1.54, 1.807) is 0 Å². The Morgan fingerprint density at radius 1 is 1.35 bits per heavy atom. The third kappa shape index (κ3) is 3.30. The van der Waals surface area contributed by atoms with Gasteiger partial charge < -0.3 is 10.2 Å². The van der Waals surface area contributed by atoms with Crippen molar-refractivity contribution in [2.24, 2.45) is 0 Å². The number of rotatable bonds is 4. The molecule has 1 aliphatic heterocycles.